The van der Waals surface area contributed by atoms with Crippen molar-refractivity contribution >= 4 is 21.4 Å². The average molecular weight is 333 g/mol. The first kappa shape index (κ1) is 17.0. The van der Waals surface area contributed by atoms with Crippen LogP contribution in [0.1, 0.15) is 13.3 Å². The predicted octanol–water partition coefficient (Wildman–Crippen LogP) is 2.89. The van der Waals surface area contributed by atoms with Crippen LogP contribution in [-0.2, 0) is 14.6 Å². The number of benzene rings is 2. The number of amides is 1. The summed E-state index contributed by atoms with van der Waals surface area (Å²) < 4.78 is 29.7. The zero-order valence-corrected chi connectivity index (χ0v) is 13.7. The first-order chi connectivity index (χ1) is 11.0. The van der Waals surface area contributed by atoms with E-state index in [9.17, 15) is 13.2 Å². The van der Waals surface area contributed by atoms with E-state index in [2.05, 4.69) is 5.32 Å². The molecular weight excluding hydrogens is 314 g/mol. The molecule has 0 fully saturated rings. The molecule has 2 aromatic carbocycles. The second-order valence-electron chi connectivity index (χ2n) is 5.04. The molecule has 2 rings (SSSR count). The normalized spacial score (nSPS) is 11.0. The Balaban J connectivity index is 1.80. The number of carbonyl (C=O) groups excluding carboxylic acids is 1. The molecule has 0 saturated carbocycles. The summed E-state index contributed by atoms with van der Waals surface area (Å²) in [5.41, 5.74) is 0.691. The van der Waals surface area contributed by atoms with Crippen LogP contribution >= 0.6 is 0 Å². The quantitative estimate of drug-likeness (QED) is 0.791. The van der Waals surface area contributed by atoms with Crippen LogP contribution in [-0.4, -0.2) is 26.7 Å². The minimum atomic E-state index is -3.26. The molecule has 0 heterocycles. The van der Waals surface area contributed by atoms with E-state index in [0.717, 1.165) is 0 Å². The molecule has 0 aliphatic heterocycles. The van der Waals surface area contributed by atoms with Gasteiger partial charge in [0.15, 0.2) is 9.84 Å². The van der Waals surface area contributed by atoms with Gasteiger partial charge in [-0.15, -0.1) is 0 Å². The van der Waals surface area contributed by atoms with E-state index in [1.807, 2.05) is 0 Å². The van der Waals surface area contributed by atoms with Gasteiger partial charge in [-0.05, 0) is 42.8 Å². The van der Waals surface area contributed by atoms with Crippen LogP contribution in [0.15, 0.2) is 59.5 Å². The highest BCUT2D eigenvalue weighted by Crippen LogP contribution is 2.16. The van der Waals surface area contributed by atoms with Crippen molar-refractivity contribution in [1.82, 2.24) is 0 Å². The monoisotopic (exact) mass is 333 g/mol. The predicted molar refractivity (Wildman–Crippen MR) is 89.4 cm³/mol. The number of carbonyl (C=O) groups is 1. The maximum atomic E-state index is 12.1. The van der Waals surface area contributed by atoms with Gasteiger partial charge < -0.3 is 10.1 Å². The highest BCUT2D eigenvalue weighted by atomic mass is 32.2. The van der Waals surface area contributed by atoms with Crippen molar-refractivity contribution in [2.75, 3.05) is 17.7 Å². The SMILES string of the molecule is CC(=O)Nc1ccc(OCCCS(=O)(=O)c2ccccc2)cc1. The van der Waals surface area contributed by atoms with Crippen molar-refractivity contribution in [2.45, 2.75) is 18.2 Å². The third kappa shape index (κ3) is 5.41. The molecule has 122 valence electrons. The van der Waals surface area contributed by atoms with Crippen molar-refractivity contribution in [3.8, 4) is 5.75 Å². The molecule has 0 aromatic heterocycles. The number of hydrogen-bond donors (Lipinski definition) is 1. The van der Waals surface area contributed by atoms with E-state index < -0.39 is 9.84 Å². The van der Waals surface area contributed by atoms with Crippen LogP contribution in [0, 0.1) is 0 Å². The molecule has 5 nitrogen and oxygen atoms in total. The summed E-state index contributed by atoms with van der Waals surface area (Å²) in [6.45, 7) is 1.75. The summed E-state index contributed by atoms with van der Waals surface area (Å²) in [5.74, 6) is 0.544. The Bertz CT molecular complexity index is 740. The molecule has 1 amide bonds. The zero-order chi connectivity index (χ0) is 16.7. The zero-order valence-electron chi connectivity index (χ0n) is 12.9. The topological polar surface area (TPSA) is 72.5 Å². The molecule has 23 heavy (non-hydrogen) atoms. The van der Waals surface area contributed by atoms with Gasteiger partial charge in [0.25, 0.3) is 0 Å². The van der Waals surface area contributed by atoms with Crippen molar-refractivity contribution < 1.29 is 17.9 Å². The van der Waals surface area contributed by atoms with Gasteiger partial charge in [-0.25, -0.2) is 8.42 Å². The highest BCUT2D eigenvalue weighted by molar-refractivity contribution is 7.91. The number of ether oxygens (including phenoxy) is 1. The Morgan fingerprint density at radius 2 is 1.70 bits per heavy atom. The van der Waals surface area contributed by atoms with Gasteiger partial charge in [-0.3, -0.25) is 4.79 Å². The fourth-order valence-corrected chi connectivity index (χ4v) is 3.33. The number of anilines is 1. The lowest BCUT2D eigenvalue weighted by atomic mass is 10.3. The Hall–Kier alpha value is -2.34. The van der Waals surface area contributed by atoms with E-state index in [-0.39, 0.29) is 11.7 Å². The van der Waals surface area contributed by atoms with Crippen molar-refractivity contribution in [2.24, 2.45) is 0 Å². The van der Waals surface area contributed by atoms with E-state index in [1.54, 1.807) is 54.6 Å². The Morgan fingerprint density at radius 3 is 2.30 bits per heavy atom. The summed E-state index contributed by atoms with van der Waals surface area (Å²) in [5, 5.41) is 2.66. The summed E-state index contributed by atoms with van der Waals surface area (Å²) in [4.78, 5) is 11.3. The van der Waals surface area contributed by atoms with Gasteiger partial charge in [-0.2, -0.15) is 0 Å². The highest BCUT2D eigenvalue weighted by Gasteiger charge is 2.13. The van der Waals surface area contributed by atoms with Crippen LogP contribution in [0.25, 0.3) is 0 Å². The molecule has 6 heteroatoms. The minimum absolute atomic E-state index is 0.0426. The van der Waals surface area contributed by atoms with Crippen LogP contribution < -0.4 is 10.1 Å². The Labute approximate surface area is 136 Å². The van der Waals surface area contributed by atoms with Gasteiger partial charge in [-0.1, -0.05) is 18.2 Å². The largest absolute Gasteiger partial charge is 0.494 e. The van der Waals surface area contributed by atoms with Crippen LogP contribution in [0.3, 0.4) is 0 Å². The number of sulfone groups is 1. The minimum Gasteiger partial charge on any atom is -0.494 e. The first-order valence-corrected chi connectivity index (χ1v) is 8.91. The first-order valence-electron chi connectivity index (χ1n) is 7.26. The lowest BCUT2D eigenvalue weighted by Crippen LogP contribution is -2.10. The van der Waals surface area contributed by atoms with Crippen LogP contribution in [0.4, 0.5) is 5.69 Å². The van der Waals surface area contributed by atoms with Gasteiger partial charge in [0.1, 0.15) is 5.75 Å². The molecule has 0 unspecified atom stereocenters. The molecule has 0 aliphatic carbocycles. The molecular formula is C17H19NO4S. The Kier molecular flexibility index (Phi) is 5.76. The molecule has 0 saturated heterocycles. The number of hydrogen-bond acceptors (Lipinski definition) is 4. The standard InChI is InChI=1S/C17H19NO4S/c1-14(19)18-15-8-10-16(11-9-15)22-12-5-13-23(20,21)17-6-3-2-4-7-17/h2-4,6-11H,5,12-13H2,1H3,(H,18,19). The van der Waals surface area contributed by atoms with Gasteiger partial charge in [0, 0.05) is 12.6 Å². The fraction of sp³-hybridized carbons (Fsp3) is 0.235. The van der Waals surface area contributed by atoms with Crippen molar-refractivity contribution in [3.63, 3.8) is 0 Å². The Morgan fingerprint density at radius 1 is 1.04 bits per heavy atom. The maximum absolute atomic E-state index is 12.1. The summed E-state index contributed by atoms with van der Waals surface area (Å²) >= 11 is 0. The number of nitrogens with one attached hydrogen (secondary N) is 1. The summed E-state index contributed by atoms with van der Waals surface area (Å²) in [7, 11) is -3.26. The van der Waals surface area contributed by atoms with E-state index in [1.165, 1.54) is 6.92 Å². The molecule has 0 bridgehead atoms. The molecule has 0 radical (unpaired) electrons. The second-order valence-corrected chi connectivity index (χ2v) is 7.15. The van der Waals surface area contributed by atoms with Crippen molar-refractivity contribution in [1.29, 1.82) is 0 Å². The summed E-state index contributed by atoms with van der Waals surface area (Å²) in [6.07, 6.45) is 0.407. The second kappa shape index (κ2) is 7.78. The van der Waals surface area contributed by atoms with E-state index >= 15 is 0 Å². The van der Waals surface area contributed by atoms with Gasteiger partial charge in [0.2, 0.25) is 5.91 Å². The van der Waals surface area contributed by atoms with Crippen LogP contribution in [0.2, 0.25) is 0 Å². The fourth-order valence-electron chi connectivity index (χ4n) is 2.02. The van der Waals surface area contributed by atoms with Gasteiger partial charge in [0.05, 0.1) is 17.3 Å². The average Bonchev–Trinajstić information content (AvgIpc) is 2.53. The maximum Gasteiger partial charge on any atom is 0.221 e. The molecule has 0 aliphatic rings. The lowest BCUT2D eigenvalue weighted by molar-refractivity contribution is -0.114. The third-order valence-corrected chi connectivity index (χ3v) is 4.92. The molecule has 0 atom stereocenters. The molecule has 2 aromatic rings. The summed E-state index contributed by atoms with van der Waals surface area (Å²) in [6, 6.07) is 15.3. The van der Waals surface area contributed by atoms with Crippen LogP contribution in [0.5, 0.6) is 5.75 Å². The molecule has 1 N–H and O–H groups in total. The van der Waals surface area contributed by atoms with Crippen molar-refractivity contribution in [3.05, 3.63) is 54.6 Å². The number of rotatable bonds is 7. The third-order valence-electron chi connectivity index (χ3n) is 3.10. The van der Waals surface area contributed by atoms with E-state index in [0.29, 0.717) is 29.4 Å². The smallest absolute Gasteiger partial charge is 0.221 e. The molecule has 0 spiro atoms. The lowest BCUT2D eigenvalue weighted by Gasteiger charge is -2.08. The van der Waals surface area contributed by atoms with E-state index in [4.69, 9.17) is 4.74 Å². The van der Waals surface area contributed by atoms with Gasteiger partial charge >= 0.3 is 0 Å².